The number of carbonyl (C=O) groups is 1. The van der Waals surface area contributed by atoms with Crippen LogP contribution < -0.4 is 10.6 Å². The molecule has 0 aliphatic heterocycles. The van der Waals surface area contributed by atoms with E-state index in [-0.39, 0.29) is 0 Å². The van der Waals surface area contributed by atoms with Gasteiger partial charge in [-0.2, -0.15) is 0 Å². The minimum Gasteiger partial charge on any atom is -0.397 e. The smallest absolute Gasteiger partial charge is 0.218 e. The lowest BCUT2D eigenvalue weighted by Crippen LogP contribution is -2.16. The van der Waals surface area contributed by atoms with E-state index in [9.17, 15) is 4.79 Å². The normalized spacial score (nSPS) is 10.4. The lowest BCUT2D eigenvalue weighted by molar-refractivity contribution is -0.106. The maximum atomic E-state index is 11.6. The number of para-hydroxylation sites is 2. The van der Waals surface area contributed by atoms with Gasteiger partial charge in [0.2, 0.25) is 6.41 Å². The van der Waals surface area contributed by atoms with E-state index in [2.05, 4.69) is 4.98 Å². The fourth-order valence-electron chi connectivity index (χ4n) is 2.27. The van der Waals surface area contributed by atoms with E-state index in [1.807, 2.05) is 42.5 Å². The van der Waals surface area contributed by atoms with Crippen LogP contribution in [0.4, 0.5) is 17.1 Å². The van der Waals surface area contributed by atoms with E-state index in [1.165, 1.54) is 0 Å². The third-order valence-corrected chi connectivity index (χ3v) is 3.22. The van der Waals surface area contributed by atoms with Crippen molar-refractivity contribution in [3.63, 3.8) is 0 Å². The summed E-state index contributed by atoms with van der Waals surface area (Å²) in [5.41, 5.74) is 7.99. The molecule has 2 N–H and O–H groups in total. The Balaban J connectivity index is 2.23. The van der Waals surface area contributed by atoms with Crippen LogP contribution in [0.5, 0.6) is 0 Å². The Morgan fingerprint density at radius 1 is 1.00 bits per heavy atom. The van der Waals surface area contributed by atoms with Crippen molar-refractivity contribution in [2.45, 2.75) is 0 Å². The van der Waals surface area contributed by atoms with Gasteiger partial charge in [0, 0.05) is 23.2 Å². The Hall–Kier alpha value is -2.88. The predicted molar refractivity (Wildman–Crippen MR) is 80.8 cm³/mol. The van der Waals surface area contributed by atoms with Gasteiger partial charge < -0.3 is 5.73 Å². The van der Waals surface area contributed by atoms with Crippen LogP contribution in [0.2, 0.25) is 0 Å². The number of nitrogens with zero attached hydrogens (tertiary/aromatic N) is 2. The van der Waals surface area contributed by atoms with Crippen LogP contribution in [0.25, 0.3) is 10.8 Å². The first-order valence-electron chi connectivity index (χ1n) is 6.23. The summed E-state index contributed by atoms with van der Waals surface area (Å²) in [7, 11) is 0. The quantitative estimate of drug-likeness (QED) is 0.583. The molecule has 2 aromatic carbocycles. The van der Waals surface area contributed by atoms with Gasteiger partial charge in [-0.05, 0) is 24.3 Å². The van der Waals surface area contributed by atoms with Crippen LogP contribution in [0, 0.1) is 0 Å². The molecule has 1 amide bonds. The molecule has 20 heavy (non-hydrogen) atoms. The molecule has 0 saturated carbocycles. The molecule has 3 rings (SSSR count). The second-order valence-corrected chi connectivity index (χ2v) is 4.41. The molecule has 0 bridgehead atoms. The Bertz CT molecular complexity index is 765. The minimum atomic E-state index is 0.561. The van der Waals surface area contributed by atoms with E-state index in [1.54, 1.807) is 23.4 Å². The van der Waals surface area contributed by atoms with Crippen LogP contribution in [-0.2, 0) is 4.79 Å². The molecule has 0 aliphatic rings. The summed E-state index contributed by atoms with van der Waals surface area (Å²) in [5.74, 6) is 0. The van der Waals surface area contributed by atoms with Crippen LogP contribution >= 0.6 is 0 Å². The Morgan fingerprint density at radius 2 is 1.80 bits per heavy atom. The highest BCUT2D eigenvalue weighted by molar-refractivity contribution is 6.03. The van der Waals surface area contributed by atoms with Gasteiger partial charge in [-0.25, -0.2) is 0 Å². The number of aromatic nitrogens is 1. The summed E-state index contributed by atoms with van der Waals surface area (Å²) >= 11 is 0. The lowest BCUT2D eigenvalue weighted by Gasteiger charge is -2.21. The Morgan fingerprint density at radius 3 is 2.60 bits per heavy atom. The molecule has 0 atom stereocenters. The van der Waals surface area contributed by atoms with Crippen molar-refractivity contribution in [2.75, 3.05) is 10.6 Å². The average Bonchev–Trinajstić information content (AvgIpc) is 2.50. The first kappa shape index (κ1) is 12.2. The maximum Gasteiger partial charge on any atom is 0.218 e. The maximum absolute atomic E-state index is 11.6. The van der Waals surface area contributed by atoms with Crippen LogP contribution in [-0.4, -0.2) is 11.4 Å². The molecule has 0 saturated heterocycles. The van der Waals surface area contributed by atoms with Gasteiger partial charge in [0.05, 0.1) is 17.1 Å². The number of fused-ring (bicyclic) bond motifs is 1. The minimum absolute atomic E-state index is 0.561. The topological polar surface area (TPSA) is 59.2 Å². The molecule has 3 aromatic rings. The van der Waals surface area contributed by atoms with Crippen molar-refractivity contribution < 1.29 is 4.79 Å². The molecule has 98 valence electrons. The highest BCUT2D eigenvalue weighted by Crippen LogP contribution is 2.33. The van der Waals surface area contributed by atoms with Gasteiger partial charge in [-0.15, -0.1) is 0 Å². The fourth-order valence-corrected chi connectivity index (χ4v) is 2.27. The number of carbonyl (C=O) groups excluding carboxylic acids is 1. The highest BCUT2D eigenvalue weighted by Gasteiger charge is 2.13. The third-order valence-electron chi connectivity index (χ3n) is 3.22. The summed E-state index contributed by atoms with van der Waals surface area (Å²) in [4.78, 5) is 17.2. The van der Waals surface area contributed by atoms with Crippen LogP contribution in [0.15, 0.2) is 60.9 Å². The van der Waals surface area contributed by atoms with Crippen molar-refractivity contribution in [1.29, 1.82) is 0 Å². The van der Waals surface area contributed by atoms with E-state index < -0.39 is 0 Å². The molecule has 0 aliphatic carbocycles. The number of benzene rings is 2. The molecule has 0 radical (unpaired) electrons. The van der Waals surface area contributed by atoms with E-state index in [0.29, 0.717) is 11.4 Å². The molecule has 0 unspecified atom stereocenters. The van der Waals surface area contributed by atoms with Gasteiger partial charge in [0.15, 0.2) is 0 Å². The molecule has 1 aromatic heterocycles. The lowest BCUT2D eigenvalue weighted by atomic mass is 10.1. The first-order valence-corrected chi connectivity index (χ1v) is 6.23. The van der Waals surface area contributed by atoms with Gasteiger partial charge in [0.25, 0.3) is 0 Å². The largest absolute Gasteiger partial charge is 0.397 e. The van der Waals surface area contributed by atoms with Crippen molar-refractivity contribution >= 4 is 34.2 Å². The predicted octanol–water partition coefficient (Wildman–Crippen LogP) is 3.11. The van der Waals surface area contributed by atoms with Gasteiger partial charge in [-0.3, -0.25) is 14.7 Å². The van der Waals surface area contributed by atoms with Gasteiger partial charge in [-0.1, -0.05) is 24.3 Å². The van der Waals surface area contributed by atoms with E-state index in [4.69, 9.17) is 5.73 Å². The number of anilines is 3. The summed E-state index contributed by atoms with van der Waals surface area (Å²) in [6.07, 6.45) is 4.26. The molecule has 4 heteroatoms. The summed E-state index contributed by atoms with van der Waals surface area (Å²) in [6.45, 7) is 0. The van der Waals surface area contributed by atoms with E-state index in [0.717, 1.165) is 22.9 Å². The number of hydrogen-bond donors (Lipinski definition) is 1. The second-order valence-electron chi connectivity index (χ2n) is 4.41. The number of nitrogens with two attached hydrogens (primary N) is 1. The Labute approximate surface area is 116 Å². The van der Waals surface area contributed by atoms with Crippen molar-refractivity contribution in [3.05, 3.63) is 60.9 Å². The summed E-state index contributed by atoms with van der Waals surface area (Å²) in [6, 6.07) is 14.9. The highest BCUT2D eigenvalue weighted by atomic mass is 16.1. The molecular weight excluding hydrogens is 250 g/mol. The van der Waals surface area contributed by atoms with Gasteiger partial charge >= 0.3 is 0 Å². The van der Waals surface area contributed by atoms with E-state index >= 15 is 0 Å². The summed E-state index contributed by atoms with van der Waals surface area (Å²) < 4.78 is 0. The SMILES string of the molecule is Nc1ccccc1N(C=O)c1cccc2cnccc12. The van der Waals surface area contributed by atoms with Crippen LogP contribution in [0.3, 0.4) is 0 Å². The standard InChI is InChI=1S/C16H13N3O/c17-14-5-1-2-6-16(14)19(11-20)15-7-3-4-12-10-18-9-8-13(12)15/h1-11H,17H2. The van der Waals surface area contributed by atoms with Gasteiger partial charge in [0.1, 0.15) is 0 Å². The van der Waals surface area contributed by atoms with Crippen molar-refractivity contribution in [3.8, 4) is 0 Å². The fraction of sp³-hybridized carbons (Fsp3) is 0. The zero-order valence-electron chi connectivity index (χ0n) is 10.7. The third kappa shape index (κ3) is 1.97. The summed E-state index contributed by atoms with van der Waals surface area (Å²) in [5, 5.41) is 1.93. The monoisotopic (exact) mass is 263 g/mol. The second kappa shape index (κ2) is 5.01. The molecular formula is C16H13N3O. The number of amides is 1. The number of rotatable bonds is 3. The molecule has 0 spiro atoms. The molecule has 0 fully saturated rings. The number of nitrogen functional groups attached to an aromatic ring is 1. The number of pyridine rings is 1. The zero-order valence-corrected chi connectivity index (χ0v) is 10.7. The van der Waals surface area contributed by atoms with Crippen molar-refractivity contribution in [1.82, 2.24) is 4.98 Å². The molecule has 1 heterocycles. The average molecular weight is 263 g/mol. The number of hydrogen-bond acceptors (Lipinski definition) is 3. The molecule has 4 nitrogen and oxygen atoms in total. The van der Waals surface area contributed by atoms with Crippen LogP contribution in [0.1, 0.15) is 0 Å². The Kier molecular flexibility index (Phi) is 3.05. The van der Waals surface area contributed by atoms with Crippen molar-refractivity contribution in [2.24, 2.45) is 0 Å². The zero-order chi connectivity index (χ0) is 13.9. The first-order chi connectivity index (χ1) is 9.81.